The molecule has 6 heteroatoms. The van der Waals surface area contributed by atoms with Gasteiger partial charge in [-0.3, -0.25) is 4.90 Å². The second-order valence-electron chi connectivity index (χ2n) is 5.51. The molecule has 2 rings (SSSR count). The monoisotopic (exact) mass is 302 g/mol. The molecule has 1 aliphatic rings. The Balaban J connectivity index is 2.20. The van der Waals surface area contributed by atoms with Crippen LogP contribution in [0.5, 0.6) is 0 Å². The van der Waals surface area contributed by atoms with E-state index in [0.717, 1.165) is 31.7 Å². The molecule has 0 bridgehead atoms. The van der Waals surface area contributed by atoms with E-state index >= 15 is 0 Å². The Morgan fingerprint density at radius 3 is 2.64 bits per heavy atom. The van der Waals surface area contributed by atoms with Gasteiger partial charge in [0, 0.05) is 38.4 Å². The summed E-state index contributed by atoms with van der Waals surface area (Å²) in [6.07, 6.45) is 0. The van der Waals surface area contributed by atoms with Gasteiger partial charge in [0.25, 0.3) is 0 Å². The standard InChI is InChI=1S/C16H22N4O2/c1-3-22-16(21)14-8-12(10-17)13(9-15(14)18)11-20-6-4-19(2)5-7-20/h8-9H,3-7,11,18H2,1-2H3. The largest absolute Gasteiger partial charge is 0.462 e. The van der Waals surface area contributed by atoms with Gasteiger partial charge in [0.2, 0.25) is 0 Å². The second-order valence-corrected chi connectivity index (χ2v) is 5.51. The fourth-order valence-corrected chi connectivity index (χ4v) is 2.53. The first kappa shape index (κ1) is 16.3. The van der Waals surface area contributed by atoms with Crippen LogP contribution in [0.3, 0.4) is 0 Å². The van der Waals surface area contributed by atoms with Gasteiger partial charge in [-0.05, 0) is 31.7 Å². The van der Waals surface area contributed by atoms with E-state index in [9.17, 15) is 10.1 Å². The minimum Gasteiger partial charge on any atom is -0.462 e. The quantitative estimate of drug-likeness (QED) is 0.661. The van der Waals surface area contributed by atoms with Crippen molar-refractivity contribution in [2.45, 2.75) is 13.5 Å². The summed E-state index contributed by atoms with van der Waals surface area (Å²) >= 11 is 0. The summed E-state index contributed by atoms with van der Waals surface area (Å²) in [6, 6.07) is 5.42. The third-order valence-corrected chi connectivity index (χ3v) is 3.88. The molecule has 1 heterocycles. The molecule has 2 N–H and O–H groups in total. The molecule has 1 aliphatic heterocycles. The molecule has 1 aromatic carbocycles. The molecule has 0 aromatic heterocycles. The number of anilines is 1. The SMILES string of the molecule is CCOC(=O)c1cc(C#N)c(CN2CCN(C)CC2)cc1N. The fraction of sp³-hybridized carbons (Fsp3) is 0.500. The fourth-order valence-electron chi connectivity index (χ4n) is 2.53. The minimum atomic E-state index is -0.484. The number of benzene rings is 1. The van der Waals surface area contributed by atoms with E-state index in [1.807, 2.05) is 0 Å². The molecule has 118 valence electrons. The van der Waals surface area contributed by atoms with Crippen molar-refractivity contribution in [2.75, 3.05) is 45.6 Å². The number of ether oxygens (including phenoxy) is 1. The molecule has 1 saturated heterocycles. The maximum Gasteiger partial charge on any atom is 0.340 e. The van der Waals surface area contributed by atoms with Crippen molar-refractivity contribution in [2.24, 2.45) is 0 Å². The number of rotatable bonds is 4. The number of hydrogen-bond acceptors (Lipinski definition) is 6. The van der Waals surface area contributed by atoms with E-state index in [-0.39, 0.29) is 12.2 Å². The summed E-state index contributed by atoms with van der Waals surface area (Å²) in [7, 11) is 2.10. The van der Waals surface area contributed by atoms with Gasteiger partial charge >= 0.3 is 5.97 Å². The molecule has 0 amide bonds. The van der Waals surface area contributed by atoms with Gasteiger partial charge < -0.3 is 15.4 Å². The van der Waals surface area contributed by atoms with E-state index < -0.39 is 5.97 Å². The van der Waals surface area contributed by atoms with Crippen LogP contribution in [-0.2, 0) is 11.3 Å². The Hall–Kier alpha value is -2.10. The van der Waals surface area contributed by atoms with Crippen LogP contribution >= 0.6 is 0 Å². The highest BCUT2D eigenvalue weighted by Gasteiger charge is 2.19. The molecule has 6 nitrogen and oxygen atoms in total. The van der Waals surface area contributed by atoms with E-state index in [0.29, 0.717) is 17.8 Å². The molecule has 0 unspecified atom stereocenters. The summed E-state index contributed by atoms with van der Waals surface area (Å²) < 4.78 is 4.97. The number of nitrogens with zero attached hydrogens (tertiary/aromatic N) is 3. The molecule has 0 atom stereocenters. The van der Waals surface area contributed by atoms with E-state index in [2.05, 4.69) is 22.9 Å². The Morgan fingerprint density at radius 2 is 2.05 bits per heavy atom. The van der Waals surface area contributed by atoms with Crippen LogP contribution in [0.4, 0.5) is 5.69 Å². The number of carbonyl (C=O) groups is 1. The molecule has 22 heavy (non-hydrogen) atoms. The Bertz CT molecular complexity index is 587. The van der Waals surface area contributed by atoms with Crippen molar-refractivity contribution >= 4 is 11.7 Å². The van der Waals surface area contributed by atoms with Crippen molar-refractivity contribution in [1.29, 1.82) is 5.26 Å². The average molecular weight is 302 g/mol. The van der Waals surface area contributed by atoms with Gasteiger partial charge in [0.1, 0.15) is 0 Å². The number of nitrogen functional groups attached to an aromatic ring is 1. The smallest absolute Gasteiger partial charge is 0.340 e. The van der Waals surface area contributed by atoms with Gasteiger partial charge in [0.05, 0.1) is 23.8 Å². The van der Waals surface area contributed by atoms with E-state index in [1.165, 1.54) is 0 Å². The van der Waals surface area contributed by atoms with Crippen molar-refractivity contribution in [3.05, 3.63) is 28.8 Å². The summed E-state index contributed by atoms with van der Waals surface area (Å²) in [5.41, 5.74) is 7.93. The zero-order valence-corrected chi connectivity index (χ0v) is 13.1. The average Bonchev–Trinajstić information content (AvgIpc) is 2.50. The van der Waals surface area contributed by atoms with Crippen molar-refractivity contribution < 1.29 is 9.53 Å². The lowest BCUT2D eigenvalue weighted by molar-refractivity contribution is 0.0527. The van der Waals surface area contributed by atoms with E-state index in [4.69, 9.17) is 10.5 Å². The number of esters is 1. The van der Waals surface area contributed by atoms with Crippen molar-refractivity contribution in [3.63, 3.8) is 0 Å². The van der Waals surface area contributed by atoms with Gasteiger partial charge in [-0.15, -0.1) is 0 Å². The number of piperazine rings is 1. The van der Waals surface area contributed by atoms with Crippen molar-refractivity contribution in [1.82, 2.24) is 9.80 Å². The maximum absolute atomic E-state index is 11.8. The van der Waals surface area contributed by atoms with Crippen LogP contribution in [0.2, 0.25) is 0 Å². The van der Waals surface area contributed by atoms with Gasteiger partial charge in [0.15, 0.2) is 0 Å². The molecule has 0 aliphatic carbocycles. The zero-order valence-electron chi connectivity index (χ0n) is 13.1. The lowest BCUT2D eigenvalue weighted by Gasteiger charge is -2.32. The van der Waals surface area contributed by atoms with Crippen LogP contribution in [0.1, 0.15) is 28.4 Å². The Labute approximate surface area is 131 Å². The first-order valence-corrected chi connectivity index (χ1v) is 7.45. The number of carbonyl (C=O) groups excluding carboxylic acids is 1. The minimum absolute atomic E-state index is 0.264. The van der Waals surface area contributed by atoms with Gasteiger partial charge in [-0.25, -0.2) is 4.79 Å². The summed E-state index contributed by atoms with van der Waals surface area (Å²) in [5, 5.41) is 9.35. The lowest BCUT2D eigenvalue weighted by Crippen LogP contribution is -2.44. The van der Waals surface area contributed by atoms with Crippen LogP contribution in [0.15, 0.2) is 12.1 Å². The highest BCUT2D eigenvalue weighted by atomic mass is 16.5. The predicted octanol–water partition coefficient (Wildman–Crippen LogP) is 1.06. The summed E-state index contributed by atoms with van der Waals surface area (Å²) in [5.74, 6) is -0.484. The number of nitriles is 1. The van der Waals surface area contributed by atoms with Crippen LogP contribution < -0.4 is 5.73 Å². The zero-order chi connectivity index (χ0) is 16.1. The molecule has 0 saturated carbocycles. The normalized spacial score (nSPS) is 16.2. The van der Waals surface area contributed by atoms with Crippen LogP contribution in [0, 0.1) is 11.3 Å². The maximum atomic E-state index is 11.8. The summed E-state index contributed by atoms with van der Waals surface area (Å²) in [6.45, 7) is 6.63. The Morgan fingerprint density at radius 1 is 1.36 bits per heavy atom. The predicted molar refractivity (Wildman–Crippen MR) is 84.3 cm³/mol. The first-order valence-electron chi connectivity index (χ1n) is 7.45. The van der Waals surface area contributed by atoms with E-state index in [1.54, 1.807) is 19.1 Å². The second kappa shape index (κ2) is 7.25. The molecular formula is C16H22N4O2. The number of hydrogen-bond donors (Lipinski definition) is 1. The van der Waals surface area contributed by atoms with Crippen molar-refractivity contribution in [3.8, 4) is 6.07 Å². The van der Waals surface area contributed by atoms with Crippen LogP contribution in [0.25, 0.3) is 0 Å². The molecule has 1 aromatic rings. The highest BCUT2D eigenvalue weighted by molar-refractivity contribution is 5.95. The molecular weight excluding hydrogens is 280 g/mol. The highest BCUT2D eigenvalue weighted by Crippen LogP contribution is 2.21. The third-order valence-electron chi connectivity index (χ3n) is 3.88. The summed E-state index contributed by atoms with van der Waals surface area (Å²) in [4.78, 5) is 16.4. The molecule has 0 spiro atoms. The Kier molecular flexibility index (Phi) is 5.36. The lowest BCUT2D eigenvalue weighted by atomic mass is 10.0. The van der Waals surface area contributed by atoms with Gasteiger partial charge in [-0.1, -0.05) is 0 Å². The molecule has 1 fully saturated rings. The number of likely N-dealkylation sites (N-methyl/N-ethyl adjacent to an activating group) is 1. The first-order chi connectivity index (χ1) is 10.5. The topological polar surface area (TPSA) is 82.6 Å². The van der Waals surface area contributed by atoms with Gasteiger partial charge in [-0.2, -0.15) is 5.26 Å². The number of nitrogens with two attached hydrogens (primary N) is 1. The molecule has 0 radical (unpaired) electrons. The van der Waals surface area contributed by atoms with Crippen LogP contribution in [-0.4, -0.2) is 55.6 Å². The third kappa shape index (κ3) is 3.75.